The summed E-state index contributed by atoms with van der Waals surface area (Å²) >= 11 is 0. The maximum Gasteiger partial charge on any atom is 0.328 e. The summed E-state index contributed by atoms with van der Waals surface area (Å²) in [5.74, 6) is -0.993. The Morgan fingerprint density at radius 3 is 2.53 bits per heavy atom. The van der Waals surface area contributed by atoms with Gasteiger partial charge in [0, 0.05) is 6.54 Å². The first-order valence-corrected chi connectivity index (χ1v) is 11.6. The van der Waals surface area contributed by atoms with Crippen LogP contribution in [-0.2, 0) is 23.9 Å². The van der Waals surface area contributed by atoms with Gasteiger partial charge in [-0.05, 0) is 63.2 Å². The third-order valence-corrected chi connectivity index (χ3v) is 6.58. The monoisotopic (exact) mass is 421 g/mol. The van der Waals surface area contributed by atoms with Gasteiger partial charge in [0.05, 0.1) is 19.4 Å². The molecule has 0 spiro atoms. The third kappa shape index (κ3) is 6.85. The highest BCUT2D eigenvalue weighted by Crippen LogP contribution is 2.31. The predicted octanol–water partition coefficient (Wildman–Crippen LogP) is 4.27. The molecule has 0 radical (unpaired) electrons. The zero-order chi connectivity index (χ0) is 22.1. The van der Waals surface area contributed by atoms with Crippen LogP contribution in [0.4, 0.5) is 0 Å². The molecule has 0 aromatic carbocycles. The highest BCUT2D eigenvalue weighted by Gasteiger charge is 2.42. The Hall–Kier alpha value is -1.85. The Balaban J connectivity index is 2.09. The van der Waals surface area contributed by atoms with Gasteiger partial charge in [-0.1, -0.05) is 26.3 Å². The molecule has 6 nitrogen and oxygen atoms in total. The van der Waals surface area contributed by atoms with Gasteiger partial charge in [0.25, 0.3) is 0 Å². The van der Waals surface area contributed by atoms with Crippen molar-refractivity contribution < 1.29 is 23.9 Å². The number of hydrogen-bond donors (Lipinski definition) is 0. The average molecular weight is 422 g/mol. The maximum absolute atomic E-state index is 13.5. The molecule has 1 heterocycles. The smallest absolute Gasteiger partial charge is 0.328 e. The maximum atomic E-state index is 13.5. The number of amides is 1. The van der Waals surface area contributed by atoms with Crippen LogP contribution >= 0.6 is 0 Å². The zero-order valence-electron chi connectivity index (χ0n) is 18.9. The summed E-state index contributed by atoms with van der Waals surface area (Å²) in [7, 11) is 1.35. The third-order valence-electron chi connectivity index (χ3n) is 6.58. The second kappa shape index (κ2) is 12.1. The number of hydrogen-bond acceptors (Lipinski definition) is 5. The summed E-state index contributed by atoms with van der Waals surface area (Å²) in [5.41, 5.74) is 0. The minimum Gasteiger partial charge on any atom is -0.467 e. The number of esters is 2. The molecule has 2 aliphatic rings. The second-order valence-electron chi connectivity index (χ2n) is 9.13. The molecule has 170 valence electrons. The molecule has 1 saturated carbocycles. The van der Waals surface area contributed by atoms with Gasteiger partial charge in [-0.25, -0.2) is 4.79 Å². The summed E-state index contributed by atoms with van der Waals surface area (Å²) in [6, 6.07) is -0.557. The van der Waals surface area contributed by atoms with Crippen molar-refractivity contribution >= 4 is 17.8 Å². The van der Waals surface area contributed by atoms with Crippen LogP contribution in [0.3, 0.4) is 0 Å². The SMILES string of the molecule is C=CCCCC[C@@H](C)[C@H](CC(=O)OC1CCCC1)C(=O)N1C[C@@H](C)C[C@H]1C(=O)OC. The lowest BCUT2D eigenvalue weighted by Gasteiger charge is -2.30. The van der Waals surface area contributed by atoms with Gasteiger partial charge in [-0.15, -0.1) is 6.58 Å². The summed E-state index contributed by atoms with van der Waals surface area (Å²) in [5, 5.41) is 0. The number of unbranched alkanes of at least 4 members (excludes halogenated alkanes) is 2. The molecule has 0 N–H and O–H groups in total. The normalized spacial score (nSPS) is 23.8. The van der Waals surface area contributed by atoms with Gasteiger partial charge >= 0.3 is 11.9 Å². The van der Waals surface area contributed by atoms with E-state index in [0.717, 1.165) is 51.4 Å². The van der Waals surface area contributed by atoms with Crippen molar-refractivity contribution in [3.05, 3.63) is 12.7 Å². The molecule has 0 unspecified atom stereocenters. The van der Waals surface area contributed by atoms with E-state index in [4.69, 9.17) is 9.47 Å². The van der Waals surface area contributed by atoms with Crippen LogP contribution in [0.15, 0.2) is 12.7 Å². The number of nitrogens with zero attached hydrogens (tertiary/aromatic N) is 1. The van der Waals surface area contributed by atoms with Crippen LogP contribution < -0.4 is 0 Å². The molecule has 1 aliphatic carbocycles. The molecular formula is C24H39NO5. The lowest BCUT2D eigenvalue weighted by atomic mass is 9.85. The van der Waals surface area contributed by atoms with Crippen molar-refractivity contribution in [2.75, 3.05) is 13.7 Å². The van der Waals surface area contributed by atoms with Crippen molar-refractivity contribution in [1.82, 2.24) is 4.90 Å². The molecule has 0 bridgehead atoms. The summed E-state index contributed by atoms with van der Waals surface area (Å²) in [6.45, 7) is 8.35. The first-order valence-electron chi connectivity index (χ1n) is 11.6. The van der Waals surface area contributed by atoms with Crippen LogP contribution in [0.1, 0.15) is 78.1 Å². The van der Waals surface area contributed by atoms with Gasteiger partial charge in [-0.2, -0.15) is 0 Å². The van der Waals surface area contributed by atoms with Crippen LogP contribution in [0.25, 0.3) is 0 Å². The standard InChI is InChI=1S/C24H39NO5/c1-5-6-7-8-11-18(3)20(15-22(26)30-19-12-9-10-13-19)23(27)25-16-17(2)14-21(25)24(28)29-4/h5,17-21H,1,6-16H2,2-4H3/t17-,18+,20-,21-/m0/s1. The number of likely N-dealkylation sites (tertiary alicyclic amines) is 1. The number of allylic oxidation sites excluding steroid dienone is 1. The van der Waals surface area contributed by atoms with Gasteiger partial charge in [0.1, 0.15) is 12.1 Å². The Morgan fingerprint density at radius 1 is 1.20 bits per heavy atom. The molecule has 30 heavy (non-hydrogen) atoms. The fraction of sp³-hybridized carbons (Fsp3) is 0.792. The fourth-order valence-electron chi connectivity index (χ4n) is 4.77. The zero-order valence-corrected chi connectivity index (χ0v) is 18.9. The molecule has 2 fully saturated rings. The van der Waals surface area contributed by atoms with Crippen LogP contribution in [0, 0.1) is 17.8 Å². The number of carbonyl (C=O) groups is 3. The number of ether oxygens (including phenoxy) is 2. The van der Waals surface area contributed by atoms with E-state index in [1.165, 1.54) is 7.11 Å². The summed E-state index contributed by atoms with van der Waals surface area (Å²) in [6.07, 6.45) is 10.4. The van der Waals surface area contributed by atoms with E-state index >= 15 is 0 Å². The van der Waals surface area contributed by atoms with Gasteiger partial charge in [0.2, 0.25) is 5.91 Å². The molecule has 0 aromatic rings. The van der Waals surface area contributed by atoms with E-state index in [1.54, 1.807) is 4.90 Å². The topological polar surface area (TPSA) is 72.9 Å². The minimum atomic E-state index is -0.557. The molecular weight excluding hydrogens is 382 g/mol. The Kier molecular flexibility index (Phi) is 9.86. The van der Waals surface area contributed by atoms with Crippen LogP contribution in [0.2, 0.25) is 0 Å². The van der Waals surface area contributed by atoms with E-state index in [2.05, 4.69) is 6.58 Å². The first kappa shape index (κ1) is 24.4. The van der Waals surface area contributed by atoms with Crippen molar-refractivity contribution in [3.63, 3.8) is 0 Å². The summed E-state index contributed by atoms with van der Waals surface area (Å²) in [4.78, 5) is 40.1. The van der Waals surface area contributed by atoms with E-state index < -0.39 is 12.0 Å². The highest BCUT2D eigenvalue weighted by molar-refractivity contribution is 5.89. The first-order chi connectivity index (χ1) is 14.4. The lowest BCUT2D eigenvalue weighted by Crippen LogP contribution is -2.46. The van der Waals surface area contributed by atoms with E-state index in [0.29, 0.717) is 13.0 Å². The summed E-state index contributed by atoms with van der Waals surface area (Å²) < 4.78 is 10.6. The quantitative estimate of drug-likeness (QED) is 0.283. The number of methoxy groups -OCH3 is 1. The van der Waals surface area contributed by atoms with Crippen LogP contribution in [-0.4, -0.2) is 48.5 Å². The largest absolute Gasteiger partial charge is 0.467 e. The average Bonchev–Trinajstić information content (AvgIpc) is 3.37. The Bertz CT molecular complexity index is 598. The second-order valence-corrected chi connectivity index (χ2v) is 9.13. The predicted molar refractivity (Wildman–Crippen MR) is 116 cm³/mol. The van der Waals surface area contributed by atoms with Crippen molar-refractivity contribution in [2.45, 2.75) is 90.2 Å². The molecule has 2 rings (SSSR count). The molecule has 1 saturated heterocycles. The van der Waals surface area contributed by atoms with Crippen LogP contribution in [0.5, 0.6) is 0 Å². The van der Waals surface area contributed by atoms with Crippen molar-refractivity contribution in [1.29, 1.82) is 0 Å². The number of rotatable bonds is 11. The van der Waals surface area contributed by atoms with Crippen molar-refractivity contribution in [3.8, 4) is 0 Å². The highest BCUT2D eigenvalue weighted by atomic mass is 16.5. The Morgan fingerprint density at radius 2 is 1.90 bits per heavy atom. The van der Waals surface area contributed by atoms with Crippen molar-refractivity contribution in [2.24, 2.45) is 17.8 Å². The molecule has 4 atom stereocenters. The van der Waals surface area contributed by atoms with E-state index in [-0.39, 0.29) is 42.2 Å². The van der Waals surface area contributed by atoms with Gasteiger partial charge in [0.15, 0.2) is 0 Å². The fourth-order valence-corrected chi connectivity index (χ4v) is 4.77. The van der Waals surface area contributed by atoms with Gasteiger partial charge in [-0.3, -0.25) is 9.59 Å². The minimum absolute atomic E-state index is 0.00854. The molecule has 6 heteroatoms. The molecule has 0 aromatic heterocycles. The molecule has 1 amide bonds. The lowest BCUT2D eigenvalue weighted by molar-refractivity contribution is -0.157. The molecule has 1 aliphatic heterocycles. The van der Waals surface area contributed by atoms with E-state index in [1.807, 2.05) is 19.9 Å². The van der Waals surface area contributed by atoms with Gasteiger partial charge < -0.3 is 14.4 Å². The number of carbonyl (C=O) groups excluding carboxylic acids is 3. The van der Waals surface area contributed by atoms with E-state index in [9.17, 15) is 14.4 Å². The Labute approximate surface area is 181 Å².